The lowest BCUT2D eigenvalue weighted by atomic mass is 10.0. The summed E-state index contributed by atoms with van der Waals surface area (Å²) in [4.78, 5) is 0. The van der Waals surface area contributed by atoms with Gasteiger partial charge in [-0.2, -0.15) is 0 Å². The fourth-order valence-electron chi connectivity index (χ4n) is 2.39. The molecule has 1 aromatic heterocycles. The van der Waals surface area contributed by atoms with Crippen molar-refractivity contribution in [3.05, 3.63) is 47.7 Å². The SMILES string of the molecule is Cc1ccc(-c2ccc(C3(CN)CC3(F)F)o2)cc1. The van der Waals surface area contributed by atoms with Crippen LogP contribution in [0.1, 0.15) is 17.7 Å². The molecule has 0 bridgehead atoms. The maximum absolute atomic E-state index is 13.5. The normalized spacial score (nSPS) is 24.4. The summed E-state index contributed by atoms with van der Waals surface area (Å²) in [6, 6.07) is 11.1. The van der Waals surface area contributed by atoms with Crippen LogP contribution in [0.25, 0.3) is 11.3 Å². The molecular weight excluding hydrogens is 248 g/mol. The van der Waals surface area contributed by atoms with Gasteiger partial charge in [0.2, 0.25) is 0 Å². The van der Waals surface area contributed by atoms with Crippen LogP contribution in [0, 0.1) is 6.92 Å². The molecule has 0 aliphatic heterocycles. The van der Waals surface area contributed by atoms with Crippen molar-refractivity contribution < 1.29 is 13.2 Å². The van der Waals surface area contributed by atoms with E-state index in [0.29, 0.717) is 5.76 Å². The molecule has 1 unspecified atom stereocenters. The fourth-order valence-corrected chi connectivity index (χ4v) is 2.39. The number of halogens is 2. The molecule has 100 valence electrons. The minimum absolute atomic E-state index is 0.0964. The number of hydrogen-bond acceptors (Lipinski definition) is 2. The first kappa shape index (κ1) is 12.4. The minimum Gasteiger partial charge on any atom is -0.460 e. The molecule has 1 aliphatic rings. The smallest absolute Gasteiger partial charge is 0.263 e. The molecule has 3 rings (SSSR count). The van der Waals surface area contributed by atoms with Crippen LogP contribution in [-0.4, -0.2) is 12.5 Å². The van der Waals surface area contributed by atoms with Gasteiger partial charge < -0.3 is 10.2 Å². The van der Waals surface area contributed by atoms with Gasteiger partial charge in [0.05, 0.1) is 0 Å². The summed E-state index contributed by atoms with van der Waals surface area (Å²) in [5.41, 5.74) is 6.23. The Bertz CT molecular complexity index is 603. The van der Waals surface area contributed by atoms with E-state index in [1.54, 1.807) is 12.1 Å². The van der Waals surface area contributed by atoms with Crippen LogP contribution in [0.4, 0.5) is 8.78 Å². The molecular formula is C15H15F2NO. The molecule has 19 heavy (non-hydrogen) atoms. The van der Waals surface area contributed by atoms with E-state index in [1.807, 2.05) is 31.2 Å². The second kappa shape index (κ2) is 3.90. The summed E-state index contributed by atoms with van der Waals surface area (Å²) >= 11 is 0. The Hall–Kier alpha value is -1.68. The van der Waals surface area contributed by atoms with Crippen LogP contribution >= 0.6 is 0 Å². The van der Waals surface area contributed by atoms with Gasteiger partial charge in [-0.1, -0.05) is 29.8 Å². The molecule has 1 fully saturated rings. The third-order valence-electron chi connectivity index (χ3n) is 3.86. The Morgan fingerprint density at radius 3 is 2.32 bits per heavy atom. The van der Waals surface area contributed by atoms with Crippen LogP contribution in [-0.2, 0) is 5.41 Å². The molecule has 2 nitrogen and oxygen atoms in total. The summed E-state index contributed by atoms with van der Waals surface area (Å²) in [5.74, 6) is -1.86. The van der Waals surface area contributed by atoms with Crippen molar-refractivity contribution in [3.63, 3.8) is 0 Å². The minimum atomic E-state index is -2.75. The number of alkyl halides is 2. The van der Waals surface area contributed by atoms with Crippen molar-refractivity contribution in [2.24, 2.45) is 5.73 Å². The first-order chi connectivity index (χ1) is 8.98. The average molecular weight is 263 g/mol. The third kappa shape index (κ3) is 1.78. The Morgan fingerprint density at radius 1 is 1.16 bits per heavy atom. The van der Waals surface area contributed by atoms with Crippen LogP contribution in [0.2, 0.25) is 0 Å². The van der Waals surface area contributed by atoms with E-state index in [0.717, 1.165) is 11.1 Å². The van der Waals surface area contributed by atoms with Crippen LogP contribution in [0.15, 0.2) is 40.8 Å². The van der Waals surface area contributed by atoms with E-state index in [9.17, 15) is 8.78 Å². The van der Waals surface area contributed by atoms with Gasteiger partial charge in [-0.3, -0.25) is 0 Å². The largest absolute Gasteiger partial charge is 0.460 e. The molecule has 1 saturated carbocycles. The second-order valence-electron chi connectivity index (χ2n) is 5.20. The predicted octanol–water partition coefficient (Wildman–Crippen LogP) is 3.49. The third-order valence-corrected chi connectivity index (χ3v) is 3.86. The molecule has 0 spiro atoms. The Morgan fingerprint density at radius 2 is 1.79 bits per heavy atom. The molecule has 2 aromatic rings. The topological polar surface area (TPSA) is 39.2 Å². The van der Waals surface area contributed by atoms with Gasteiger partial charge in [0, 0.05) is 18.5 Å². The number of rotatable bonds is 3. The van der Waals surface area contributed by atoms with E-state index in [1.165, 1.54) is 0 Å². The molecule has 1 aliphatic carbocycles. The van der Waals surface area contributed by atoms with Crippen molar-refractivity contribution in [1.82, 2.24) is 0 Å². The molecule has 0 radical (unpaired) electrons. The van der Waals surface area contributed by atoms with Gasteiger partial charge >= 0.3 is 0 Å². The van der Waals surface area contributed by atoms with Gasteiger partial charge in [0.1, 0.15) is 16.9 Å². The van der Waals surface area contributed by atoms with Crippen LogP contribution in [0.5, 0.6) is 0 Å². The second-order valence-corrected chi connectivity index (χ2v) is 5.20. The standard InChI is InChI=1S/C15H15F2NO/c1-10-2-4-11(5-3-10)12-6-7-13(19-12)14(9-18)8-15(14,16)17/h2-7H,8-9,18H2,1H3. The maximum Gasteiger partial charge on any atom is 0.263 e. The summed E-state index contributed by atoms with van der Waals surface area (Å²) in [6.07, 6.45) is -0.225. The van der Waals surface area contributed by atoms with Gasteiger partial charge in [0.25, 0.3) is 5.92 Å². The molecule has 2 N–H and O–H groups in total. The van der Waals surface area contributed by atoms with Crippen molar-refractivity contribution in [2.45, 2.75) is 24.7 Å². The first-order valence-electron chi connectivity index (χ1n) is 6.24. The quantitative estimate of drug-likeness (QED) is 0.920. The molecule has 4 heteroatoms. The fraction of sp³-hybridized carbons (Fsp3) is 0.333. The van der Waals surface area contributed by atoms with Crippen molar-refractivity contribution >= 4 is 0 Å². The first-order valence-corrected chi connectivity index (χ1v) is 6.24. The number of aryl methyl sites for hydroxylation is 1. The van der Waals surface area contributed by atoms with E-state index in [2.05, 4.69) is 0 Å². The lowest BCUT2D eigenvalue weighted by molar-refractivity contribution is 0.0841. The summed E-state index contributed by atoms with van der Waals surface area (Å²) in [7, 11) is 0. The summed E-state index contributed by atoms with van der Waals surface area (Å²) < 4.78 is 32.5. The zero-order valence-corrected chi connectivity index (χ0v) is 10.6. The number of benzene rings is 1. The van der Waals surface area contributed by atoms with Gasteiger partial charge in [0.15, 0.2) is 0 Å². The molecule has 0 saturated heterocycles. The van der Waals surface area contributed by atoms with Crippen molar-refractivity contribution in [2.75, 3.05) is 6.54 Å². The highest BCUT2D eigenvalue weighted by Crippen LogP contribution is 2.61. The Labute approximate surface area is 110 Å². The van der Waals surface area contributed by atoms with E-state index >= 15 is 0 Å². The van der Waals surface area contributed by atoms with E-state index < -0.39 is 11.3 Å². The Kier molecular flexibility index (Phi) is 2.54. The highest BCUT2D eigenvalue weighted by molar-refractivity contribution is 5.58. The zero-order valence-electron chi connectivity index (χ0n) is 10.6. The molecule has 1 aromatic carbocycles. The van der Waals surface area contributed by atoms with Gasteiger partial charge in [-0.25, -0.2) is 8.78 Å². The van der Waals surface area contributed by atoms with E-state index in [4.69, 9.17) is 10.2 Å². The number of furan rings is 1. The zero-order chi connectivity index (χ0) is 13.7. The monoisotopic (exact) mass is 263 g/mol. The number of hydrogen-bond donors (Lipinski definition) is 1. The highest BCUT2D eigenvalue weighted by Gasteiger charge is 2.73. The van der Waals surface area contributed by atoms with Gasteiger partial charge in [-0.15, -0.1) is 0 Å². The van der Waals surface area contributed by atoms with Crippen LogP contribution < -0.4 is 5.73 Å². The highest BCUT2D eigenvalue weighted by atomic mass is 19.3. The molecule has 0 amide bonds. The average Bonchev–Trinajstić information content (AvgIpc) is 2.77. The van der Waals surface area contributed by atoms with Crippen LogP contribution in [0.3, 0.4) is 0 Å². The molecule has 1 atom stereocenters. The van der Waals surface area contributed by atoms with Crippen molar-refractivity contribution in [1.29, 1.82) is 0 Å². The van der Waals surface area contributed by atoms with E-state index in [-0.39, 0.29) is 18.7 Å². The predicted molar refractivity (Wildman–Crippen MR) is 69.2 cm³/mol. The molecule has 1 heterocycles. The summed E-state index contributed by atoms with van der Waals surface area (Å²) in [5, 5.41) is 0. The Balaban J connectivity index is 1.94. The lowest BCUT2D eigenvalue weighted by Crippen LogP contribution is -2.26. The number of nitrogens with two attached hydrogens (primary N) is 1. The van der Waals surface area contributed by atoms with Gasteiger partial charge in [-0.05, 0) is 19.1 Å². The van der Waals surface area contributed by atoms with Crippen molar-refractivity contribution in [3.8, 4) is 11.3 Å². The lowest BCUT2D eigenvalue weighted by Gasteiger charge is -2.10. The summed E-state index contributed by atoms with van der Waals surface area (Å²) in [6.45, 7) is 1.90. The maximum atomic E-state index is 13.5.